The average Bonchev–Trinajstić information content (AvgIpc) is 3.00. The third kappa shape index (κ3) is 7.19. The molecule has 3 N–H and O–H groups in total. The van der Waals surface area contributed by atoms with Gasteiger partial charge in [-0.1, -0.05) is 31.9 Å². The number of carbonyl (C=O) groups excluding carboxylic acids is 2. The lowest BCUT2D eigenvalue weighted by Crippen LogP contribution is -2.28. The number of hydrogen-bond donors (Lipinski definition) is 3. The number of aliphatic hydroxyl groups excluding tert-OH is 1. The number of aromatic nitrogens is 2. The van der Waals surface area contributed by atoms with Crippen LogP contribution < -0.4 is 5.32 Å². The first-order valence-corrected chi connectivity index (χ1v) is 9.65. The molecule has 0 aliphatic carbocycles. The van der Waals surface area contributed by atoms with Gasteiger partial charge in [-0.3, -0.25) is 10.1 Å². The molecular weight excluding hydrogens is 362 g/mol. The molecular formula is C20H29N3O5. The van der Waals surface area contributed by atoms with Crippen molar-refractivity contribution in [3.63, 3.8) is 0 Å². The highest BCUT2D eigenvalue weighted by molar-refractivity contribution is 5.86. The quantitative estimate of drug-likeness (QED) is 0.531. The van der Waals surface area contributed by atoms with Crippen LogP contribution in [-0.2, 0) is 14.3 Å². The van der Waals surface area contributed by atoms with Gasteiger partial charge in [0.05, 0.1) is 17.1 Å². The van der Waals surface area contributed by atoms with Crippen LogP contribution in [0, 0.1) is 0 Å². The summed E-state index contributed by atoms with van der Waals surface area (Å²) >= 11 is 0. The second-order valence-electron chi connectivity index (χ2n) is 6.94. The summed E-state index contributed by atoms with van der Waals surface area (Å²) in [5, 5.41) is 12.8. The van der Waals surface area contributed by atoms with Crippen LogP contribution in [0.15, 0.2) is 24.3 Å². The van der Waals surface area contributed by atoms with Crippen LogP contribution >= 0.6 is 0 Å². The number of imidazole rings is 1. The summed E-state index contributed by atoms with van der Waals surface area (Å²) in [5.74, 6) is -0.0590. The van der Waals surface area contributed by atoms with E-state index in [9.17, 15) is 14.7 Å². The minimum atomic E-state index is -0.741. The zero-order chi connectivity index (χ0) is 20.5. The van der Waals surface area contributed by atoms with E-state index in [0.29, 0.717) is 18.8 Å². The molecule has 154 valence electrons. The number of aliphatic hydroxyl groups is 1. The second kappa shape index (κ2) is 10.7. The Balaban J connectivity index is 1.79. The van der Waals surface area contributed by atoms with Crippen molar-refractivity contribution in [2.75, 3.05) is 5.32 Å². The Labute approximate surface area is 164 Å². The predicted molar refractivity (Wildman–Crippen MR) is 106 cm³/mol. The molecule has 1 amide bonds. The number of nitrogens with zero attached hydrogens (tertiary/aromatic N) is 1. The van der Waals surface area contributed by atoms with E-state index in [1.165, 1.54) is 6.92 Å². The molecule has 0 radical (unpaired) electrons. The van der Waals surface area contributed by atoms with Gasteiger partial charge in [0.2, 0.25) is 5.95 Å². The number of esters is 1. The van der Waals surface area contributed by atoms with Gasteiger partial charge in [0.25, 0.3) is 0 Å². The number of anilines is 1. The molecule has 1 heterocycles. The van der Waals surface area contributed by atoms with E-state index in [2.05, 4.69) is 22.2 Å². The van der Waals surface area contributed by atoms with Crippen molar-refractivity contribution in [1.82, 2.24) is 9.97 Å². The van der Waals surface area contributed by atoms with Gasteiger partial charge in [0.1, 0.15) is 12.2 Å². The van der Waals surface area contributed by atoms with Crippen LogP contribution in [0.25, 0.3) is 11.0 Å². The average molecular weight is 391 g/mol. The van der Waals surface area contributed by atoms with E-state index < -0.39 is 18.3 Å². The third-order valence-electron chi connectivity index (χ3n) is 4.27. The topological polar surface area (TPSA) is 114 Å². The van der Waals surface area contributed by atoms with E-state index in [1.54, 1.807) is 6.92 Å². The molecule has 28 heavy (non-hydrogen) atoms. The molecule has 2 aromatic rings. The minimum Gasteiger partial charge on any atom is -0.462 e. The van der Waals surface area contributed by atoms with Crippen molar-refractivity contribution in [3.8, 4) is 0 Å². The lowest BCUT2D eigenvalue weighted by atomic mass is 10.0. The van der Waals surface area contributed by atoms with Gasteiger partial charge in [0, 0.05) is 19.8 Å². The molecule has 0 spiro atoms. The first-order valence-electron chi connectivity index (χ1n) is 9.65. The normalized spacial score (nSPS) is 14.3. The van der Waals surface area contributed by atoms with E-state index in [0.717, 1.165) is 23.9 Å². The summed E-state index contributed by atoms with van der Waals surface area (Å²) in [6.45, 7) is 5.12. The number of hydrogen-bond acceptors (Lipinski definition) is 6. The molecule has 8 heteroatoms. The summed E-state index contributed by atoms with van der Waals surface area (Å²) in [5.41, 5.74) is 1.55. The molecule has 0 aliphatic heterocycles. The third-order valence-corrected chi connectivity index (χ3v) is 4.27. The molecule has 1 aromatic heterocycles. The monoisotopic (exact) mass is 391 g/mol. The van der Waals surface area contributed by atoms with Crippen molar-refractivity contribution < 1.29 is 24.2 Å². The Hall–Kier alpha value is -2.61. The van der Waals surface area contributed by atoms with Crippen molar-refractivity contribution in [3.05, 3.63) is 24.3 Å². The highest BCUT2D eigenvalue weighted by atomic mass is 16.6. The van der Waals surface area contributed by atoms with E-state index in [1.807, 2.05) is 24.3 Å². The van der Waals surface area contributed by atoms with Crippen LogP contribution in [0.2, 0.25) is 0 Å². The van der Waals surface area contributed by atoms with Crippen LogP contribution in [0.1, 0.15) is 52.9 Å². The maximum Gasteiger partial charge on any atom is 0.414 e. The van der Waals surface area contributed by atoms with Gasteiger partial charge in [-0.2, -0.15) is 0 Å². The molecule has 0 aliphatic rings. The number of para-hydroxylation sites is 2. The fourth-order valence-corrected chi connectivity index (χ4v) is 3.04. The standard InChI is InChI=1S/C20H29N3O5/c1-4-5-8-16(28-14(3)24)12-15(25)11-13(2)27-20(26)23-19-21-17-9-6-7-10-18(17)22-19/h6-7,9-10,13,15-16,25H,4-5,8,11-12H2,1-3H3,(H2,21,22,23,26). The lowest BCUT2D eigenvalue weighted by molar-refractivity contribution is -0.148. The number of aromatic amines is 1. The SMILES string of the molecule is CCCCC(CC(O)CC(C)OC(=O)Nc1nc2ccccc2[nH]1)OC(C)=O. The van der Waals surface area contributed by atoms with Crippen LogP contribution in [0.3, 0.4) is 0 Å². The van der Waals surface area contributed by atoms with Gasteiger partial charge in [-0.15, -0.1) is 0 Å². The van der Waals surface area contributed by atoms with Crippen molar-refractivity contribution in [1.29, 1.82) is 0 Å². The van der Waals surface area contributed by atoms with E-state index in [-0.39, 0.29) is 18.5 Å². The van der Waals surface area contributed by atoms with Crippen LogP contribution in [0.5, 0.6) is 0 Å². The molecule has 3 atom stereocenters. The first-order chi connectivity index (χ1) is 13.4. The molecule has 1 aromatic carbocycles. The van der Waals surface area contributed by atoms with Crippen molar-refractivity contribution >= 4 is 29.0 Å². The smallest absolute Gasteiger partial charge is 0.414 e. The molecule has 0 fully saturated rings. The number of fused-ring (bicyclic) bond motifs is 1. The minimum absolute atomic E-state index is 0.247. The predicted octanol–water partition coefficient (Wildman–Crippen LogP) is 3.76. The first kappa shape index (κ1) is 21.7. The second-order valence-corrected chi connectivity index (χ2v) is 6.94. The van der Waals surface area contributed by atoms with E-state index in [4.69, 9.17) is 9.47 Å². The molecule has 0 bridgehead atoms. The highest BCUT2D eigenvalue weighted by Gasteiger charge is 2.21. The largest absolute Gasteiger partial charge is 0.462 e. The highest BCUT2D eigenvalue weighted by Crippen LogP contribution is 2.17. The number of nitrogens with one attached hydrogen (secondary N) is 2. The number of ether oxygens (including phenoxy) is 2. The Morgan fingerprint density at radius 3 is 2.68 bits per heavy atom. The Morgan fingerprint density at radius 2 is 2.00 bits per heavy atom. The molecule has 8 nitrogen and oxygen atoms in total. The molecule has 0 saturated heterocycles. The Kier molecular flexibility index (Phi) is 8.25. The number of unbranched alkanes of at least 4 members (excludes halogenated alkanes) is 1. The van der Waals surface area contributed by atoms with Crippen molar-refractivity contribution in [2.24, 2.45) is 0 Å². The number of benzene rings is 1. The van der Waals surface area contributed by atoms with Gasteiger partial charge >= 0.3 is 12.1 Å². The Bertz CT molecular complexity index is 743. The van der Waals surface area contributed by atoms with Gasteiger partial charge in [-0.25, -0.2) is 9.78 Å². The maximum atomic E-state index is 12.0. The fraction of sp³-hybridized carbons (Fsp3) is 0.550. The van der Waals surface area contributed by atoms with E-state index >= 15 is 0 Å². The van der Waals surface area contributed by atoms with Crippen LogP contribution in [-0.4, -0.2) is 45.4 Å². The molecule has 2 rings (SSSR count). The molecule has 0 saturated carbocycles. The number of amides is 1. The summed E-state index contributed by atoms with van der Waals surface area (Å²) in [4.78, 5) is 30.5. The number of carbonyl (C=O) groups is 2. The lowest BCUT2D eigenvalue weighted by Gasteiger charge is -2.22. The number of rotatable bonds is 10. The summed E-state index contributed by atoms with van der Waals surface area (Å²) in [6.07, 6.45) is 0.931. The van der Waals surface area contributed by atoms with Gasteiger partial charge in [-0.05, 0) is 25.5 Å². The summed E-state index contributed by atoms with van der Waals surface area (Å²) in [6, 6.07) is 7.42. The summed E-state index contributed by atoms with van der Waals surface area (Å²) in [7, 11) is 0. The van der Waals surface area contributed by atoms with Gasteiger partial charge < -0.3 is 19.6 Å². The summed E-state index contributed by atoms with van der Waals surface area (Å²) < 4.78 is 10.5. The zero-order valence-corrected chi connectivity index (χ0v) is 16.6. The fourth-order valence-electron chi connectivity index (χ4n) is 3.04. The molecule has 3 unspecified atom stereocenters. The van der Waals surface area contributed by atoms with Crippen LogP contribution in [0.4, 0.5) is 10.7 Å². The van der Waals surface area contributed by atoms with Crippen molar-refractivity contribution in [2.45, 2.75) is 71.2 Å². The van der Waals surface area contributed by atoms with Gasteiger partial charge in [0.15, 0.2) is 0 Å². The maximum absolute atomic E-state index is 12.0. The zero-order valence-electron chi connectivity index (χ0n) is 16.6. The number of H-pyrrole nitrogens is 1. The Morgan fingerprint density at radius 1 is 1.25 bits per heavy atom.